The van der Waals surface area contributed by atoms with Gasteiger partial charge in [0.15, 0.2) is 0 Å². The van der Waals surface area contributed by atoms with Gasteiger partial charge in [0.25, 0.3) is 0 Å². The molecule has 1 aliphatic carbocycles. The highest BCUT2D eigenvalue weighted by Gasteiger charge is 2.53. The Morgan fingerprint density at radius 3 is 1.29 bits per heavy atom. The number of hydrogen-bond acceptors (Lipinski definition) is 6. The second-order valence-corrected chi connectivity index (χ2v) is 16.6. The Bertz CT molecular complexity index is 3310. The van der Waals surface area contributed by atoms with E-state index >= 15 is 0 Å². The standard InChI is InChI=1S/C59H39N5O/c1-5-17-40(18-6-1)62(41-19-7-2-8-20-41)45-29-32-53-51(38-45)59(49-26-15-35-60-57(49)58-50(59)27-16-36-61-58)52-39-46(63(42-21-9-3-10-22-42)43-23-11-4-12-24-43)30-33-54(52)64(53)44-31-34-56-48(37-44)47-25-13-14-28-55(47)65-56/h1-39H. The molecule has 0 N–H and O–H groups in total. The average molecular weight is 834 g/mol. The molecule has 6 heteroatoms. The summed E-state index contributed by atoms with van der Waals surface area (Å²) in [5.74, 6) is 0. The lowest BCUT2D eigenvalue weighted by Crippen LogP contribution is -2.36. The molecular formula is C59H39N5O. The minimum Gasteiger partial charge on any atom is -0.456 e. The van der Waals surface area contributed by atoms with Crippen molar-refractivity contribution >= 4 is 73.1 Å². The van der Waals surface area contributed by atoms with Crippen LogP contribution in [0.25, 0.3) is 33.3 Å². The molecule has 0 saturated carbocycles. The van der Waals surface area contributed by atoms with Crippen LogP contribution in [-0.4, -0.2) is 9.97 Å². The number of para-hydroxylation sites is 5. The van der Waals surface area contributed by atoms with E-state index in [9.17, 15) is 0 Å². The second-order valence-electron chi connectivity index (χ2n) is 16.6. The monoisotopic (exact) mass is 833 g/mol. The maximum atomic E-state index is 6.40. The van der Waals surface area contributed by atoms with E-state index < -0.39 is 5.41 Å². The van der Waals surface area contributed by atoms with Crippen molar-refractivity contribution < 1.29 is 4.42 Å². The molecule has 0 unspecified atom stereocenters. The molecule has 0 atom stereocenters. The Morgan fingerprint density at radius 2 is 0.800 bits per heavy atom. The molecule has 2 aliphatic rings. The predicted octanol–water partition coefficient (Wildman–Crippen LogP) is 15.5. The van der Waals surface area contributed by atoms with Gasteiger partial charge >= 0.3 is 0 Å². The average Bonchev–Trinajstić information content (AvgIpc) is 3.89. The molecule has 65 heavy (non-hydrogen) atoms. The van der Waals surface area contributed by atoms with Crippen molar-refractivity contribution in [3.05, 3.63) is 259 Å². The van der Waals surface area contributed by atoms with Crippen molar-refractivity contribution in [2.24, 2.45) is 0 Å². The van der Waals surface area contributed by atoms with Gasteiger partial charge in [0.1, 0.15) is 11.2 Å². The molecule has 6 nitrogen and oxygen atoms in total. The molecule has 1 spiro atoms. The fourth-order valence-corrected chi connectivity index (χ4v) is 10.4. The van der Waals surface area contributed by atoms with Crippen LogP contribution in [0.4, 0.5) is 51.2 Å². The number of hydrogen-bond donors (Lipinski definition) is 0. The molecule has 0 amide bonds. The van der Waals surface area contributed by atoms with Crippen LogP contribution in [-0.2, 0) is 5.41 Å². The summed E-state index contributed by atoms with van der Waals surface area (Å²) in [5.41, 5.74) is 16.6. The van der Waals surface area contributed by atoms with E-state index in [1.165, 1.54) is 0 Å². The van der Waals surface area contributed by atoms with Gasteiger partial charge < -0.3 is 19.1 Å². The van der Waals surface area contributed by atoms with Crippen LogP contribution in [0.15, 0.2) is 241 Å². The summed E-state index contributed by atoms with van der Waals surface area (Å²) in [4.78, 5) is 17.4. The first kappa shape index (κ1) is 36.9. The first-order chi connectivity index (χ1) is 32.3. The first-order valence-corrected chi connectivity index (χ1v) is 22.0. The van der Waals surface area contributed by atoms with Crippen molar-refractivity contribution in [2.45, 2.75) is 5.41 Å². The van der Waals surface area contributed by atoms with E-state index in [0.717, 1.165) is 107 Å². The lowest BCUT2D eigenvalue weighted by Gasteiger charge is -2.45. The van der Waals surface area contributed by atoms with Gasteiger partial charge in [0.2, 0.25) is 0 Å². The lowest BCUT2D eigenvalue weighted by molar-refractivity contribution is 0.669. The fraction of sp³-hybridized carbons (Fsp3) is 0.0169. The highest BCUT2D eigenvalue weighted by Crippen LogP contribution is 2.64. The van der Waals surface area contributed by atoms with Crippen LogP contribution >= 0.6 is 0 Å². The van der Waals surface area contributed by atoms with Gasteiger partial charge in [0, 0.05) is 63.0 Å². The molecule has 0 radical (unpaired) electrons. The minimum absolute atomic E-state index is 0.828. The topological polar surface area (TPSA) is 48.6 Å². The number of anilines is 9. The Morgan fingerprint density at radius 1 is 0.354 bits per heavy atom. The number of nitrogens with zero attached hydrogens (tertiary/aromatic N) is 5. The van der Waals surface area contributed by atoms with Gasteiger partial charge in [0.05, 0.1) is 28.2 Å². The van der Waals surface area contributed by atoms with Gasteiger partial charge in [-0.05, 0) is 144 Å². The van der Waals surface area contributed by atoms with E-state index in [0.29, 0.717) is 0 Å². The first-order valence-electron chi connectivity index (χ1n) is 22.0. The molecule has 1 aliphatic heterocycles. The summed E-state index contributed by atoms with van der Waals surface area (Å²) in [5, 5.41) is 2.15. The Hall–Kier alpha value is -8.74. The van der Waals surface area contributed by atoms with Crippen LogP contribution in [0, 0.1) is 0 Å². The molecule has 0 fully saturated rings. The Labute approximate surface area is 376 Å². The SMILES string of the molecule is c1ccc(N(c2ccccc2)c2ccc3c(c2)C2(c4cc(N(c5ccccc5)c5ccccc5)ccc4N3c3ccc4oc5ccccc5c4c3)c3cccnc3-c3ncccc32)cc1. The van der Waals surface area contributed by atoms with Gasteiger partial charge in [-0.1, -0.05) is 103 Å². The van der Waals surface area contributed by atoms with Crippen molar-refractivity contribution in [1.29, 1.82) is 0 Å². The van der Waals surface area contributed by atoms with Crippen molar-refractivity contribution in [2.75, 3.05) is 14.7 Å². The van der Waals surface area contributed by atoms with E-state index in [1.807, 2.05) is 24.5 Å². The molecule has 3 aromatic heterocycles. The molecule has 306 valence electrons. The quantitative estimate of drug-likeness (QED) is 0.159. The summed E-state index contributed by atoms with van der Waals surface area (Å²) in [6.45, 7) is 0. The summed E-state index contributed by atoms with van der Waals surface area (Å²) < 4.78 is 6.40. The van der Waals surface area contributed by atoms with Crippen LogP contribution in [0.1, 0.15) is 22.3 Å². The van der Waals surface area contributed by atoms with E-state index in [-0.39, 0.29) is 0 Å². The molecular weight excluding hydrogens is 795 g/mol. The van der Waals surface area contributed by atoms with Crippen LogP contribution in [0.2, 0.25) is 0 Å². The second kappa shape index (κ2) is 14.7. The maximum absolute atomic E-state index is 6.40. The zero-order chi connectivity index (χ0) is 42.9. The minimum atomic E-state index is -0.828. The Balaban J connectivity index is 1.16. The Kier molecular flexibility index (Phi) is 8.33. The zero-order valence-corrected chi connectivity index (χ0v) is 35.2. The highest BCUT2D eigenvalue weighted by molar-refractivity contribution is 6.07. The number of fused-ring (bicyclic) bond motifs is 12. The summed E-state index contributed by atoms with van der Waals surface area (Å²) >= 11 is 0. The van der Waals surface area contributed by atoms with E-state index in [2.05, 4.69) is 227 Å². The fourth-order valence-electron chi connectivity index (χ4n) is 10.4. The molecule has 0 bridgehead atoms. The maximum Gasteiger partial charge on any atom is 0.135 e. The normalized spacial score (nSPS) is 13.0. The summed E-state index contributed by atoms with van der Waals surface area (Å²) in [6, 6.07) is 80.1. The van der Waals surface area contributed by atoms with Crippen molar-refractivity contribution in [3.63, 3.8) is 0 Å². The lowest BCUT2D eigenvalue weighted by atomic mass is 9.64. The molecule has 0 saturated heterocycles. The van der Waals surface area contributed by atoms with Crippen LogP contribution < -0.4 is 14.7 Å². The van der Waals surface area contributed by atoms with Gasteiger partial charge in [-0.15, -0.1) is 0 Å². The third-order valence-electron chi connectivity index (χ3n) is 13.1. The van der Waals surface area contributed by atoms with Crippen molar-refractivity contribution in [1.82, 2.24) is 9.97 Å². The number of furan rings is 1. The number of benzene rings is 8. The van der Waals surface area contributed by atoms with Gasteiger partial charge in [-0.25, -0.2) is 0 Å². The van der Waals surface area contributed by atoms with Gasteiger partial charge in [-0.2, -0.15) is 0 Å². The van der Waals surface area contributed by atoms with Gasteiger partial charge in [-0.3, -0.25) is 9.97 Å². The number of aromatic nitrogens is 2. The molecule has 13 rings (SSSR count). The van der Waals surface area contributed by atoms with Crippen LogP contribution in [0.3, 0.4) is 0 Å². The predicted molar refractivity (Wildman–Crippen MR) is 264 cm³/mol. The van der Waals surface area contributed by atoms with E-state index in [1.54, 1.807) is 0 Å². The zero-order valence-electron chi connectivity index (χ0n) is 35.2. The third-order valence-corrected chi connectivity index (χ3v) is 13.1. The number of rotatable bonds is 7. The van der Waals surface area contributed by atoms with Crippen molar-refractivity contribution in [3.8, 4) is 11.4 Å². The summed E-state index contributed by atoms with van der Waals surface area (Å²) in [6.07, 6.45) is 3.79. The molecule has 11 aromatic rings. The van der Waals surface area contributed by atoms with E-state index in [4.69, 9.17) is 14.4 Å². The third kappa shape index (κ3) is 5.60. The highest BCUT2D eigenvalue weighted by atomic mass is 16.3. The smallest absolute Gasteiger partial charge is 0.135 e. The van der Waals surface area contributed by atoms with Crippen LogP contribution in [0.5, 0.6) is 0 Å². The largest absolute Gasteiger partial charge is 0.456 e. The number of pyridine rings is 2. The molecule has 8 aromatic carbocycles. The molecule has 4 heterocycles. The summed E-state index contributed by atoms with van der Waals surface area (Å²) in [7, 11) is 0.